The number of hydrogen-bond acceptors (Lipinski definition) is 6. The maximum Gasteiger partial charge on any atom is 0.254 e. The lowest BCUT2D eigenvalue weighted by Crippen LogP contribution is -2.36. The average molecular weight is 390 g/mol. The van der Waals surface area contributed by atoms with E-state index in [1.165, 1.54) is 11.8 Å². The van der Waals surface area contributed by atoms with Gasteiger partial charge in [0.05, 0.1) is 32.3 Å². The number of aromatic nitrogens is 2. The summed E-state index contributed by atoms with van der Waals surface area (Å²) in [6, 6.07) is 11.3. The van der Waals surface area contributed by atoms with Crippen molar-refractivity contribution in [3.05, 3.63) is 65.5 Å². The predicted octanol–water partition coefficient (Wildman–Crippen LogP) is 2.94. The molecule has 2 aromatic carbocycles. The summed E-state index contributed by atoms with van der Waals surface area (Å²) in [7, 11) is 3.24. The topological polar surface area (TPSA) is 90.6 Å². The van der Waals surface area contributed by atoms with E-state index in [4.69, 9.17) is 15.2 Å². The summed E-state index contributed by atoms with van der Waals surface area (Å²) in [5.74, 6) is 1.70. The van der Waals surface area contributed by atoms with Gasteiger partial charge in [-0.25, -0.2) is 4.98 Å². The van der Waals surface area contributed by atoms with E-state index in [0.717, 1.165) is 17.5 Å². The number of methoxy groups -OCH3 is 2. The van der Waals surface area contributed by atoms with Crippen LogP contribution in [0, 0.1) is 0 Å². The molecular weight excluding hydrogens is 368 g/mol. The van der Waals surface area contributed by atoms with Gasteiger partial charge in [0.1, 0.15) is 5.82 Å². The Balaban J connectivity index is 1.59. The standard InChI is InChI=1S/C22H22N4O3/c1-28-19-9-14-6-7-26(13-17(14)10-20(19)29-2)22(27)16-5-3-4-15(8-16)18-11-24-12-21(23)25-18/h3-5,8-12H,6-7,13H2,1-2H3,(H2,23,25). The van der Waals surface area contributed by atoms with Crippen molar-refractivity contribution in [3.63, 3.8) is 0 Å². The zero-order valence-corrected chi connectivity index (χ0v) is 16.4. The Morgan fingerprint density at radius 1 is 1.07 bits per heavy atom. The van der Waals surface area contributed by atoms with E-state index in [2.05, 4.69) is 9.97 Å². The lowest BCUT2D eigenvalue weighted by atomic mass is 9.98. The molecule has 0 fully saturated rings. The summed E-state index contributed by atoms with van der Waals surface area (Å²) in [4.78, 5) is 23.4. The Morgan fingerprint density at radius 2 is 1.83 bits per heavy atom. The molecule has 0 saturated carbocycles. The number of nitrogen functional groups attached to an aromatic ring is 1. The van der Waals surface area contributed by atoms with E-state index in [-0.39, 0.29) is 5.91 Å². The first-order valence-corrected chi connectivity index (χ1v) is 9.30. The van der Waals surface area contributed by atoms with E-state index in [1.54, 1.807) is 20.4 Å². The number of benzene rings is 2. The van der Waals surface area contributed by atoms with E-state index in [1.807, 2.05) is 41.3 Å². The summed E-state index contributed by atoms with van der Waals surface area (Å²) in [6.45, 7) is 1.17. The van der Waals surface area contributed by atoms with Crippen LogP contribution in [-0.2, 0) is 13.0 Å². The number of ether oxygens (including phenoxy) is 2. The van der Waals surface area contributed by atoms with Gasteiger partial charge in [0.25, 0.3) is 5.91 Å². The molecule has 0 spiro atoms. The van der Waals surface area contributed by atoms with Gasteiger partial charge in [-0.05, 0) is 41.8 Å². The molecule has 148 valence electrons. The molecule has 0 atom stereocenters. The predicted molar refractivity (Wildman–Crippen MR) is 110 cm³/mol. The number of nitrogens with zero attached hydrogens (tertiary/aromatic N) is 3. The van der Waals surface area contributed by atoms with Gasteiger partial charge in [-0.2, -0.15) is 0 Å². The first kappa shape index (κ1) is 18.7. The van der Waals surface area contributed by atoms with Gasteiger partial charge in [-0.1, -0.05) is 12.1 Å². The van der Waals surface area contributed by atoms with Gasteiger partial charge in [-0.3, -0.25) is 9.78 Å². The molecule has 2 N–H and O–H groups in total. The van der Waals surface area contributed by atoms with Crippen molar-refractivity contribution in [2.75, 3.05) is 26.5 Å². The maximum atomic E-state index is 13.1. The van der Waals surface area contributed by atoms with Crippen LogP contribution in [0.2, 0.25) is 0 Å². The van der Waals surface area contributed by atoms with Gasteiger partial charge < -0.3 is 20.1 Å². The molecule has 4 rings (SSSR count). The van der Waals surface area contributed by atoms with Crippen LogP contribution in [0.5, 0.6) is 11.5 Å². The van der Waals surface area contributed by atoms with Crippen LogP contribution in [-0.4, -0.2) is 41.5 Å². The largest absolute Gasteiger partial charge is 0.493 e. The minimum Gasteiger partial charge on any atom is -0.493 e. The van der Waals surface area contributed by atoms with Crippen molar-refractivity contribution in [3.8, 4) is 22.8 Å². The summed E-state index contributed by atoms with van der Waals surface area (Å²) >= 11 is 0. The zero-order chi connectivity index (χ0) is 20.4. The minimum absolute atomic E-state index is 0.0239. The second-order valence-corrected chi connectivity index (χ2v) is 6.86. The smallest absolute Gasteiger partial charge is 0.254 e. The van der Waals surface area contributed by atoms with Crippen LogP contribution >= 0.6 is 0 Å². The van der Waals surface area contributed by atoms with Crippen molar-refractivity contribution < 1.29 is 14.3 Å². The molecule has 1 aliphatic rings. The second kappa shape index (κ2) is 7.79. The van der Waals surface area contributed by atoms with Crippen molar-refractivity contribution in [1.82, 2.24) is 14.9 Å². The van der Waals surface area contributed by atoms with Crippen LogP contribution in [0.1, 0.15) is 21.5 Å². The summed E-state index contributed by atoms with van der Waals surface area (Å²) < 4.78 is 10.8. The van der Waals surface area contributed by atoms with Crippen molar-refractivity contribution in [1.29, 1.82) is 0 Å². The van der Waals surface area contributed by atoms with Gasteiger partial charge in [0.15, 0.2) is 11.5 Å². The van der Waals surface area contributed by atoms with Gasteiger partial charge in [0, 0.05) is 24.2 Å². The third kappa shape index (κ3) is 3.71. The number of rotatable bonds is 4. The lowest BCUT2D eigenvalue weighted by molar-refractivity contribution is 0.0734. The molecular formula is C22H22N4O3. The van der Waals surface area contributed by atoms with E-state index in [0.29, 0.717) is 41.7 Å². The van der Waals surface area contributed by atoms with Crippen molar-refractivity contribution >= 4 is 11.7 Å². The van der Waals surface area contributed by atoms with Crippen LogP contribution in [0.4, 0.5) is 5.82 Å². The molecule has 0 aliphatic carbocycles. The fraction of sp³-hybridized carbons (Fsp3) is 0.227. The number of fused-ring (bicyclic) bond motifs is 1. The Kier molecular flexibility index (Phi) is 5.03. The summed E-state index contributed by atoms with van der Waals surface area (Å²) in [5, 5.41) is 0. The van der Waals surface area contributed by atoms with Gasteiger partial charge in [0.2, 0.25) is 0 Å². The molecule has 3 aromatic rings. The third-order valence-corrected chi connectivity index (χ3v) is 5.06. The molecule has 7 heteroatoms. The molecule has 0 radical (unpaired) electrons. The Morgan fingerprint density at radius 3 is 2.55 bits per heavy atom. The Bertz CT molecular complexity index is 1070. The fourth-order valence-corrected chi connectivity index (χ4v) is 3.57. The molecule has 2 heterocycles. The Labute approximate surface area is 169 Å². The molecule has 1 aromatic heterocycles. The molecule has 0 unspecified atom stereocenters. The van der Waals surface area contributed by atoms with Crippen LogP contribution < -0.4 is 15.2 Å². The van der Waals surface area contributed by atoms with Gasteiger partial charge >= 0.3 is 0 Å². The first-order valence-electron chi connectivity index (χ1n) is 9.30. The zero-order valence-electron chi connectivity index (χ0n) is 16.4. The van der Waals surface area contributed by atoms with Crippen molar-refractivity contribution in [2.45, 2.75) is 13.0 Å². The molecule has 29 heavy (non-hydrogen) atoms. The number of nitrogens with two attached hydrogens (primary N) is 1. The number of carbonyl (C=O) groups excluding carboxylic acids is 1. The SMILES string of the molecule is COc1cc2c(cc1OC)CN(C(=O)c1cccc(-c3cncc(N)n3)c1)CC2. The van der Waals surface area contributed by atoms with E-state index in [9.17, 15) is 4.79 Å². The molecule has 1 aliphatic heterocycles. The van der Waals surface area contributed by atoms with Crippen LogP contribution in [0.3, 0.4) is 0 Å². The normalized spacial score (nSPS) is 13.0. The van der Waals surface area contributed by atoms with Crippen LogP contribution in [0.15, 0.2) is 48.8 Å². The highest BCUT2D eigenvalue weighted by atomic mass is 16.5. The number of carbonyl (C=O) groups is 1. The summed E-state index contributed by atoms with van der Waals surface area (Å²) in [5.41, 5.74) is 10.0. The minimum atomic E-state index is -0.0239. The highest BCUT2D eigenvalue weighted by Gasteiger charge is 2.24. The highest BCUT2D eigenvalue weighted by molar-refractivity contribution is 5.95. The van der Waals surface area contributed by atoms with Gasteiger partial charge in [-0.15, -0.1) is 0 Å². The van der Waals surface area contributed by atoms with Crippen molar-refractivity contribution in [2.24, 2.45) is 0 Å². The molecule has 1 amide bonds. The second-order valence-electron chi connectivity index (χ2n) is 6.86. The average Bonchev–Trinajstić information content (AvgIpc) is 2.77. The number of hydrogen-bond donors (Lipinski definition) is 1. The fourth-order valence-electron chi connectivity index (χ4n) is 3.57. The molecule has 0 saturated heterocycles. The van der Waals surface area contributed by atoms with E-state index < -0.39 is 0 Å². The number of anilines is 1. The van der Waals surface area contributed by atoms with Crippen LogP contribution in [0.25, 0.3) is 11.3 Å². The quantitative estimate of drug-likeness (QED) is 0.737. The molecule has 7 nitrogen and oxygen atoms in total. The summed E-state index contributed by atoms with van der Waals surface area (Å²) in [6.07, 6.45) is 3.89. The Hall–Kier alpha value is -3.61. The third-order valence-electron chi connectivity index (χ3n) is 5.06. The number of amides is 1. The maximum absolute atomic E-state index is 13.1. The first-order chi connectivity index (χ1) is 14.1. The highest BCUT2D eigenvalue weighted by Crippen LogP contribution is 2.33. The molecule has 0 bridgehead atoms. The monoisotopic (exact) mass is 390 g/mol. The van der Waals surface area contributed by atoms with E-state index >= 15 is 0 Å². The lowest BCUT2D eigenvalue weighted by Gasteiger charge is -2.30.